The molecule has 0 aliphatic carbocycles. The van der Waals surface area contributed by atoms with Crippen LogP contribution in [0.25, 0.3) is 10.9 Å². The Balaban J connectivity index is 1.42. The molecule has 0 amide bonds. The molecule has 2 bridgehead atoms. The Morgan fingerprint density at radius 3 is 2.75 bits per heavy atom. The van der Waals surface area contributed by atoms with Gasteiger partial charge < -0.3 is 9.13 Å². The second-order valence-electron chi connectivity index (χ2n) is 8.35. The number of para-hydroxylation sites is 1. The minimum Gasteiger partial charge on any atom is -0.347 e. The molecule has 5 nitrogen and oxygen atoms in total. The predicted octanol–water partition coefficient (Wildman–Crippen LogP) is 2.95. The van der Waals surface area contributed by atoms with Crippen LogP contribution in [0.5, 0.6) is 0 Å². The van der Waals surface area contributed by atoms with Gasteiger partial charge in [-0.2, -0.15) is 0 Å². The Labute approximate surface area is 164 Å². The molecule has 0 saturated carbocycles. The van der Waals surface area contributed by atoms with Crippen molar-refractivity contribution in [3.05, 3.63) is 69.8 Å². The standard InChI is InChI=1S/C23H25N3O2/c1-15-23(18-6-3-4-7-20(18)24(15)2)21(27)14-25-11-16-10-17(13-25)19-8-5-9-22(28)26(19)12-16/h3-9,16-17H,10-14H2,1-2H3/t16-,17+/m1/s1. The monoisotopic (exact) mass is 375 g/mol. The fraction of sp³-hybridized carbons (Fsp3) is 0.391. The van der Waals surface area contributed by atoms with Crippen LogP contribution in [-0.4, -0.2) is 39.5 Å². The quantitative estimate of drug-likeness (QED) is 0.662. The molecule has 4 heterocycles. The van der Waals surface area contributed by atoms with Gasteiger partial charge in [-0.05, 0) is 31.4 Å². The second-order valence-corrected chi connectivity index (χ2v) is 8.35. The summed E-state index contributed by atoms with van der Waals surface area (Å²) in [5, 5.41) is 1.04. The van der Waals surface area contributed by atoms with Crippen LogP contribution in [0.15, 0.2) is 47.3 Å². The molecule has 1 saturated heterocycles. The number of fused-ring (bicyclic) bond motifs is 5. The highest BCUT2D eigenvalue weighted by atomic mass is 16.1. The summed E-state index contributed by atoms with van der Waals surface area (Å²) in [6.45, 7) is 4.96. The van der Waals surface area contributed by atoms with E-state index in [9.17, 15) is 9.59 Å². The van der Waals surface area contributed by atoms with Gasteiger partial charge in [-0.15, -0.1) is 0 Å². The van der Waals surface area contributed by atoms with Crippen molar-refractivity contribution in [2.24, 2.45) is 13.0 Å². The van der Waals surface area contributed by atoms with E-state index in [0.717, 1.165) is 53.9 Å². The molecule has 0 radical (unpaired) electrons. The number of likely N-dealkylation sites (tertiary alicyclic amines) is 1. The third-order valence-corrected chi connectivity index (χ3v) is 6.60. The molecule has 2 aliphatic heterocycles. The van der Waals surface area contributed by atoms with Crippen LogP contribution in [0.2, 0.25) is 0 Å². The lowest BCUT2D eigenvalue weighted by atomic mass is 9.83. The zero-order chi connectivity index (χ0) is 19.4. The summed E-state index contributed by atoms with van der Waals surface area (Å²) in [6, 6.07) is 13.7. The Kier molecular flexibility index (Phi) is 4.02. The first-order chi connectivity index (χ1) is 13.5. The summed E-state index contributed by atoms with van der Waals surface area (Å²) in [4.78, 5) is 27.8. The first-order valence-corrected chi connectivity index (χ1v) is 10.0. The number of hydrogen-bond acceptors (Lipinski definition) is 3. The average molecular weight is 375 g/mol. The molecule has 5 rings (SSSR count). The number of aryl methyl sites for hydroxylation is 1. The summed E-state index contributed by atoms with van der Waals surface area (Å²) in [5.41, 5.74) is 4.21. The Morgan fingerprint density at radius 2 is 1.89 bits per heavy atom. The highest BCUT2D eigenvalue weighted by Crippen LogP contribution is 2.35. The van der Waals surface area contributed by atoms with E-state index in [1.54, 1.807) is 6.07 Å². The summed E-state index contributed by atoms with van der Waals surface area (Å²) in [6.07, 6.45) is 1.11. The molecule has 0 unspecified atom stereocenters. The first kappa shape index (κ1) is 17.4. The van der Waals surface area contributed by atoms with Gasteiger partial charge in [0, 0.05) is 66.5 Å². The van der Waals surface area contributed by atoms with Gasteiger partial charge in [0.05, 0.1) is 6.54 Å². The third kappa shape index (κ3) is 2.65. The fourth-order valence-corrected chi connectivity index (χ4v) is 5.28. The number of piperidine rings is 1. The minimum atomic E-state index is 0.100. The van der Waals surface area contributed by atoms with Crippen LogP contribution in [0.1, 0.15) is 34.1 Å². The molecule has 3 aromatic rings. The van der Waals surface area contributed by atoms with Gasteiger partial charge in [-0.1, -0.05) is 24.3 Å². The summed E-state index contributed by atoms with van der Waals surface area (Å²) < 4.78 is 4.04. The number of pyridine rings is 1. The van der Waals surface area contributed by atoms with Gasteiger partial charge >= 0.3 is 0 Å². The zero-order valence-electron chi connectivity index (χ0n) is 16.4. The topological polar surface area (TPSA) is 47.2 Å². The number of benzene rings is 1. The number of nitrogens with zero attached hydrogens (tertiary/aromatic N) is 3. The van der Waals surface area contributed by atoms with Crippen LogP contribution < -0.4 is 5.56 Å². The van der Waals surface area contributed by atoms with Crippen LogP contribution in [0.3, 0.4) is 0 Å². The zero-order valence-corrected chi connectivity index (χ0v) is 16.4. The molecule has 28 heavy (non-hydrogen) atoms. The van der Waals surface area contributed by atoms with Gasteiger partial charge in [-0.25, -0.2) is 0 Å². The van der Waals surface area contributed by atoms with E-state index in [1.165, 1.54) is 0 Å². The maximum Gasteiger partial charge on any atom is 0.250 e. The predicted molar refractivity (Wildman–Crippen MR) is 110 cm³/mol. The number of carbonyl (C=O) groups excluding carboxylic acids is 1. The summed E-state index contributed by atoms with van der Waals surface area (Å²) in [7, 11) is 2.02. The van der Waals surface area contributed by atoms with E-state index in [2.05, 4.69) is 21.6 Å². The number of carbonyl (C=O) groups is 1. The van der Waals surface area contributed by atoms with Crippen molar-refractivity contribution >= 4 is 16.7 Å². The maximum absolute atomic E-state index is 13.3. The Hall–Kier alpha value is -2.66. The molecular formula is C23H25N3O2. The Bertz CT molecular complexity index is 1140. The van der Waals surface area contributed by atoms with E-state index >= 15 is 0 Å². The average Bonchev–Trinajstić information content (AvgIpc) is 2.94. The first-order valence-electron chi connectivity index (χ1n) is 10.0. The maximum atomic E-state index is 13.3. The molecule has 2 aromatic heterocycles. The molecule has 144 valence electrons. The summed E-state index contributed by atoms with van der Waals surface area (Å²) >= 11 is 0. The molecule has 1 fully saturated rings. The van der Waals surface area contributed by atoms with Gasteiger partial charge in [-0.3, -0.25) is 14.5 Å². The minimum absolute atomic E-state index is 0.100. The normalized spacial score (nSPS) is 21.6. The number of Topliss-reactive ketones (excluding diaryl/α,β-unsaturated/α-hetero) is 1. The van der Waals surface area contributed by atoms with E-state index < -0.39 is 0 Å². The number of ketones is 1. The highest BCUT2D eigenvalue weighted by molar-refractivity contribution is 6.10. The molecule has 5 heteroatoms. The molecule has 0 N–H and O–H groups in total. The molecule has 2 aliphatic rings. The summed E-state index contributed by atoms with van der Waals surface area (Å²) in [5.74, 6) is 0.968. The lowest BCUT2D eigenvalue weighted by molar-refractivity contribution is 0.0818. The van der Waals surface area contributed by atoms with E-state index in [4.69, 9.17) is 0 Å². The third-order valence-electron chi connectivity index (χ3n) is 6.60. The van der Waals surface area contributed by atoms with E-state index in [-0.39, 0.29) is 11.3 Å². The molecule has 1 aromatic carbocycles. The van der Waals surface area contributed by atoms with Gasteiger partial charge in [0.1, 0.15) is 0 Å². The lowest BCUT2D eigenvalue weighted by Crippen LogP contribution is -2.48. The van der Waals surface area contributed by atoms with Crippen LogP contribution in [0.4, 0.5) is 0 Å². The number of rotatable bonds is 3. The molecule has 0 spiro atoms. The van der Waals surface area contributed by atoms with Crippen LogP contribution in [0, 0.1) is 12.8 Å². The van der Waals surface area contributed by atoms with Crippen molar-refractivity contribution in [2.75, 3.05) is 19.6 Å². The van der Waals surface area contributed by atoms with Crippen LogP contribution in [-0.2, 0) is 13.6 Å². The molecular weight excluding hydrogens is 350 g/mol. The van der Waals surface area contributed by atoms with E-state index in [1.807, 2.05) is 42.8 Å². The van der Waals surface area contributed by atoms with Crippen molar-refractivity contribution in [1.82, 2.24) is 14.0 Å². The van der Waals surface area contributed by atoms with Crippen molar-refractivity contribution in [1.29, 1.82) is 0 Å². The molecule has 2 atom stereocenters. The highest BCUT2D eigenvalue weighted by Gasteiger charge is 2.35. The van der Waals surface area contributed by atoms with Crippen molar-refractivity contribution in [2.45, 2.75) is 25.8 Å². The van der Waals surface area contributed by atoms with Gasteiger partial charge in [0.2, 0.25) is 0 Å². The number of hydrogen-bond donors (Lipinski definition) is 0. The van der Waals surface area contributed by atoms with Gasteiger partial charge in [0.25, 0.3) is 5.56 Å². The largest absolute Gasteiger partial charge is 0.347 e. The van der Waals surface area contributed by atoms with Crippen molar-refractivity contribution in [3.63, 3.8) is 0 Å². The van der Waals surface area contributed by atoms with Crippen molar-refractivity contribution < 1.29 is 4.79 Å². The van der Waals surface area contributed by atoms with Crippen molar-refractivity contribution in [3.8, 4) is 0 Å². The van der Waals surface area contributed by atoms with Gasteiger partial charge in [0.15, 0.2) is 5.78 Å². The van der Waals surface area contributed by atoms with Crippen LogP contribution >= 0.6 is 0 Å². The fourth-order valence-electron chi connectivity index (χ4n) is 5.28. The van der Waals surface area contributed by atoms with E-state index in [0.29, 0.717) is 18.4 Å². The Morgan fingerprint density at radius 1 is 1.07 bits per heavy atom. The smallest absolute Gasteiger partial charge is 0.250 e. The second kappa shape index (κ2) is 6.45. The lowest BCUT2D eigenvalue weighted by Gasteiger charge is -2.42. The SMILES string of the molecule is Cc1c(C(=O)CN2C[C@H]3C[C@@H](C2)c2cccc(=O)n2C3)c2ccccc2n1C. The number of aromatic nitrogens is 2.